The fraction of sp³-hybridized carbons (Fsp3) is 0.105. The Bertz CT molecular complexity index is 947. The van der Waals surface area contributed by atoms with Crippen LogP contribution in [0.3, 0.4) is 0 Å². The Labute approximate surface area is 150 Å². The second-order valence-corrected chi connectivity index (χ2v) is 5.87. The summed E-state index contributed by atoms with van der Waals surface area (Å²) in [5.74, 6) is 0.985. The Balaban J connectivity index is 1.51. The first kappa shape index (κ1) is 15.9. The lowest BCUT2D eigenvalue weighted by molar-refractivity contribution is 0.135. The second-order valence-electron chi connectivity index (χ2n) is 5.87. The Hall–Kier alpha value is -3.61. The van der Waals surface area contributed by atoms with E-state index in [1.54, 1.807) is 35.5 Å². The van der Waals surface area contributed by atoms with Crippen molar-refractivity contribution >= 4 is 11.8 Å². The number of rotatable bonds is 4. The summed E-state index contributed by atoms with van der Waals surface area (Å²) >= 11 is 0. The van der Waals surface area contributed by atoms with Crippen molar-refractivity contribution in [3.05, 3.63) is 72.1 Å². The van der Waals surface area contributed by atoms with Gasteiger partial charge in [-0.1, -0.05) is 12.1 Å². The Morgan fingerprint density at radius 2 is 1.96 bits per heavy atom. The smallest absolute Gasteiger partial charge is 0.415 e. The zero-order valence-corrected chi connectivity index (χ0v) is 13.8. The largest absolute Gasteiger partial charge is 0.424 e. The molecule has 1 aromatic heterocycles. The number of anilines is 1. The maximum absolute atomic E-state index is 12.3. The Kier molecular flexibility index (Phi) is 4.10. The number of amides is 1. The fourth-order valence-electron chi connectivity index (χ4n) is 2.73. The quantitative estimate of drug-likeness (QED) is 0.727. The van der Waals surface area contributed by atoms with Crippen LogP contribution in [0.2, 0.25) is 0 Å². The van der Waals surface area contributed by atoms with Gasteiger partial charge in [0.2, 0.25) is 0 Å². The van der Waals surface area contributed by atoms with Crippen LogP contribution in [-0.2, 0) is 13.1 Å². The summed E-state index contributed by atoms with van der Waals surface area (Å²) in [5.41, 5.74) is 8.31. The number of nitrogens with two attached hydrogens (primary N) is 1. The van der Waals surface area contributed by atoms with E-state index in [1.807, 2.05) is 30.3 Å². The molecule has 4 rings (SSSR count). The van der Waals surface area contributed by atoms with E-state index in [2.05, 4.69) is 9.97 Å². The number of fused-ring (bicyclic) bond motifs is 1. The molecule has 2 N–H and O–H groups in total. The SMILES string of the molecule is Nc1cccc(CN2Cc3ccc(Oc4ncccn4)cc3OC2=O)c1. The van der Waals surface area contributed by atoms with Crippen LogP contribution in [0.1, 0.15) is 11.1 Å². The van der Waals surface area contributed by atoms with E-state index in [0.29, 0.717) is 30.3 Å². The summed E-state index contributed by atoms with van der Waals surface area (Å²) in [4.78, 5) is 22.0. The maximum Gasteiger partial charge on any atom is 0.415 e. The lowest BCUT2D eigenvalue weighted by atomic mass is 10.1. The number of carbonyl (C=O) groups excluding carboxylic acids is 1. The molecular formula is C19H16N4O3. The normalized spacial score (nSPS) is 13.1. The van der Waals surface area contributed by atoms with Crippen molar-refractivity contribution in [2.24, 2.45) is 0 Å². The van der Waals surface area contributed by atoms with E-state index >= 15 is 0 Å². The molecule has 2 heterocycles. The lowest BCUT2D eigenvalue weighted by Crippen LogP contribution is -2.36. The minimum absolute atomic E-state index is 0.234. The van der Waals surface area contributed by atoms with Gasteiger partial charge in [-0.15, -0.1) is 0 Å². The number of nitrogens with zero attached hydrogens (tertiary/aromatic N) is 3. The van der Waals surface area contributed by atoms with E-state index in [0.717, 1.165) is 11.1 Å². The highest BCUT2D eigenvalue weighted by atomic mass is 16.6. The van der Waals surface area contributed by atoms with E-state index in [9.17, 15) is 4.79 Å². The van der Waals surface area contributed by atoms with Gasteiger partial charge in [-0.05, 0) is 35.9 Å². The molecule has 1 aliphatic heterocycles. The number of nitrogen functional groups attached to an aromatic ring is 1. The van der Waals surface area contributed by atoms with Crippen molar-refractivity contribution in [3.8, 4) is 17.5 Å². The highest BCUT2D eigenvalue weighted by Crippen LogP contribution is 2.32. The number of hydrogen-bond donors (Lipinski definition) is 1. The van der Waals surface area contributed by atoms with Crippen LogP contribution in [0.25, 0.3) is 0 Å². The zero-order valence-electron chi connectivity index (χ0n) is 13.8. The van der Waals surface area contributed by atoms with Gasteiger partial charge in [0.1, 0.15) is 11.5 Å². The molecule has 0 bridgehead atoms. The van der Waals surface area contributed by atoms with Gasteiger partial charge in [0, 0.05) is 36.3 Å². The highest BCUT2D eigenvalue weighted by molar-refractivity contribution is 5.73. The first-order chi connectivity index (χ1) is 12.7. The third-order valence-electron chi connectivity index (χ3n) is 3.93. The van der Waals surface area contributed by atoms with E-state index in [1.165, 1.54) is 0 Å². The van der Waals surface area contributed by atoms with Crippen LogP contribution < -0.4 is 15.2 Å². The van der Waals surface area contributed by atoms with Crippen molar-refractivity contribution in [3.63, 3.8) is 0 Å². The molecule has 2 aromatic carbocycles. The molecule has 0 unspecified atom stereocenters. The van der Waals surface area contributed by atoms with Crippen molar-refractivity contribution < 1.29 is 14.3 Å². The van der Waals surface area contributed by atoms with Gasteiger partial charge in [0.15, 0.2) is 0 Å². The third kappa shape index (κ3) is 3.41. The number of aromatic nitrogens is 2. The van der Waals surface area contributed by atoms with E-state index in [-0.39, 0.29) is 6.01 Å². The third-order valence-corrected chi connectivity index (χ3v) is 3.93. The number of ether oxygens (including phenoxy) is 2. The minimum Gasteiger partial charge on any atom is -0.424 e. The molecule has 0 saturated heterocycles. The molecule has 0 saturated carbocycles. The molecule has 0 radical (unpaired) electrons. The minimum atomic E-state index is -0.409. The first-order valence-corrected chi connectivity index (χ1v) is 8.06. The first-order valence-electron chi connectivity index (χ1n) is 8.06. The van der Waals surface area contributed by atoms with Crippen molar-refractivity contribution in [2.75, 3.05) is 5.73 Å². The standard InChI is InChI=1S/C19H16N4O3/c20-15-4-1-3-13(9-15)11-23-12-14-5-6-16(10-17(14)26-19(23)24)25-18-21-7-2-8-22-18/h1-10H,11-12,20H2. The fourth-order valence-corrected chi connectivity index (χ4v) is 2.73. The van der Waals surface area contributed by atoms with Gasteiger partial charge < -0.3 is 15.2 Å². The molecule has 26 heavy (non-hydrogen) atoms. The van der Waals surface area contributed by atoms with Gasteiger partial charge in [0.25, 0.3) is 0 Å². The molecule has 3 aromatic rings. The van der Waals surface area contributed by atoms with Crippen LogP contribution >= 0.6 is 0 Å². The van der Waals surface area contributed by atoms with Crippen LogP contribution in [0.5, 0.6) is 17.5 Å². The summed E-state index contributed by atoms with van der Waals surface area (Å²) in [6, 6.07) is 14.7. The van der Waals surface area contributed by atoms with Crippen molar-refractivity contribution in [1.29, 1.82) is 0 Å². The van der Waals surface area contributed by atoms with Gasteiger partial charge in [0.05, 0.1) is 6.54 Å². The summed E-state index contributed by atoms with van der Waals surface area (Å²) in [6.07, 6.45) is 2.78. The van der Waals surface area contributed by atoms with Gasteiger partial charge in [-0.3, -0.25) is 4.90 Å². The average Bonchev–Trinajstić information content (AvgIpc) is 2.63. The summed E-state index contributed by atoms with van der Waals surface area (Å²) < 4.78 is 11.0. The zero-order chi connectivity index (χ0) is 17.9. The van der Waals surface area contributed by atoms with Crippen LogP contribution in [0, 0.1) is 0 Å². The number of hydrogen-bond acceptors (Lipinski definition) is 6. The molecule has 0 fully saturated rings. The van der Waals surface area contributed by atoms with Gasteiger partial charge in [-0.25, -0.2) is 14.8 Å². The monoisotopic (exact) mass is 348 g/mol. The molecule has 130 valence electrons. The predicted octanol–water partition coefficient (Wildman–Crippen LogP) is 3.37. The predicted molar refractivity (Wildman–Crippen MR) is 94.7 cm³/mol. The molecule has 0 atom stereocenters. The molecule has 0 aliphatic carbocycles. The molecule has 1 aliphatic rings. The Morgan fingerprint density at radius 3 is 2.77 bits per heavy atom. The molecule has 7 nitrogen and oxygen atoms in total. The van der Waals surface area contributed by atoms with Crippen LogP contribution in [0.15, 0.2) is 60.9 Å². The summed E-state index contributed by atoms with van der Waals surface area (Å²) in [5, 5.41) is 0. The molecule has 1 amide bonds. The van der Waals surface area contributed by atoms with E-state index in [4.69, 9.17) is 15.2 Å². The molecule has 0 spiro atoms. The number of benzene rings is 2. The van der Waals surface area contributed by atoms with E-state index < -0.39 is 6.09 Å². The number of carbonyl (C=O) groups is 1. The average molecular weight is 348 g/mol. The summed E-state index contributed by atoms with van der Waals surface area (Å²) in [7, 11) is 0. The Morgan fingerprint density at radius 1 is 1.12 bits per heavy atom. The van der Waals surface area contributed by atoms with Crippen LogP contribution in [0.4, 0.5) is 10.5 Å². The highest BCUT2D eigenvalue weighted by Gasteiger charge is 2.25. The maximum atomic E-state index is 12.3. The van der Waals surface area contributed by atoms with Gasteiger partial charge in [-0.2, -0.15) is 0 Å². The molecule has 7 heteroatoms. The van der Waals surface area contributed by atoms with Crippen LogP contribution in [-0.4, -0.2) is 21.0 Å². The topological polar surface area (TPSA) is 90.6 Å². The summed E-state index contributed by atoms with van der Waals surface area (Å²) in [6.45, 7) is 0.879. The lowest BCUT2D eigenvalue weighted by Gasteiger charge is -2.28. The van der Waals surface area contributed by atoms with Crippen molar-refractivity contribution in [1.82, 2.24) is 14.9 Å². The second kappa shape index (κ2) is 6.72. The molecular weight excluding hydrogens is 332 g/mol. The van der Waals surface area contributed by atoms with Crippen molar-refractivity contribution in [2.45, 2.75) is 13.1 Å². The van der Waals surface area contributed by atoms with Gasteiger partial charge >= 0.3 is 12.1 Å².